The first-order chi connectivity index (χ1) is 12.1. The zero-order valence-corrected chi connectivity index (χ0v) is 15.5. The molecule has 3 nitrogen and oxygen atoms in total. The molecule has 0 saturated heterocycles. The predicted octanol–water partition coefficient (Wildman–Crippen LogP) is 6.43. The fraction of sp³-hybridized carbons (Fsp3) is 0.143. The molecule has 1 atom stereocenters. The van der Waals surface area contributed by atoms with E-state index in [4.69, 9.17) is 9.05 Å². The zero-order valence-electron chi connectivity index (χ0n) is 14.6. The summed E-state index contributed by atoms with van der Waals surface area (Å²) in [5, 5.41) is 0. The van der Waals surface area contributed by atoms with Crippen molar-refractivity contribution in [3.8, 4) is 5.75 Å². The van der Waals surface area contributed by atoms with Crippen molar-refractivity contribution in [1.29, 1.82) is 0 Å². The van der Waals surface area contributed by atoms with Crippen LogP contribution >= 0.6 is 7.60 Å². The van der Waals surface area contributed by atoms with E-state index in [1.54, 1.807) is 30.4 Å². The van der Waals surface area contributed by atoms with Crippen LogP contribution in [0.2, 0.25) is 0 Å². The average Bonchev–Trinajstić information content (AvgIpc) is 2.58. The molecule has 0 N–H and O–H groups in total. The first kappa shape index (κ1) is 18.8. The first-order valence-electron chi connectivity index (χ1n) is 8.09. The molecule has 0 spiro atoms. The maximum Gasteiger partial charge on any atom is 0.435 e. The minimum Gasteiger partial charge on any atom is -0.416 e. The van der Waals surface area contributed by atoms with Crippen LogP contribution in [0.3, 0.4) is 0 Å². The summed E-state index contributed by atoms with van der Waals surface area (Å²) in [6.07, 6.45) is 6.99. The molecular weight excluding hydrogens is 331 g/mol. The van der Waals surface area contributed by atoms with Crippen LogP contribution in [0.4, 0.5) is 0 Å². The lowest BCUT2D eigenvalue weighted by Gasteiger charge is -2.21. The summed E-state index contributed by atoms with van der Waals surface area (Å²) < 4.78 is 25.1. The Hall–Kier alpha value is -2.51. The highest BCUT2D eigenvalue weighted by Gasteiger charge is 2.29. The van der Waals surface area contributed by atoms with Crippen LogP contribution in [-0.4, -0.2) is 0 Å². The van der Waals surface area contributed by atoms with Gasteiger partial charge in [0, 0.05) is 0 Å². The Morgan fingerprint density at radius 2 is 1.80 bits per heavy atom. The lowest BCUT2D eigenvalue weighted by molar-refractivity contribution is 0.337. The number of benzene rings is 2. The van der Waals surface area contributed by atoms with Gasteiger partial charge >= 0.3 is 7.60 Å². The Bertz CT molecular complexity index is 807. The van der Waals surface area contributed by atoms with Crippen molar-refractivity contribution in [3.05, 3.63) is 102 Å². The van der Waals surface area contributed by atoms with E-state index in [1.807, 2.05) is 62.4 Å². The molecule has 0 fully saturated rings. The second-order valence-electron chi connectivity index (χ2n) is 5.50. The van der Waals surface area contributed by atoms with Gasteiger partial charge in [0.2, 0.25) is 0 Å². The van der Waals surface area contributed by atoms with Gasteiger partial charge in [0.15, 0.2) is 0 Å². The van der Waals surface area contributed by atoms with E-state index in [2.05, 4.69) is 6.58 Å². The van der Waals surface area contributed by atoms with Crippen molar-refractivity contribution in [2.75, 3.05) is 0 Å². The lowest BCUT2D eigenvalue weighted by atomic mass is 10.1. The van der Waals surface area contributed by atoms with Crippen LogP contribution in [-0.2, 0) is 15.3 Å². The van der Waals surface area contributed by atoms with Gasteiger partial charge in [-0.3, -0.25) is 0 Å². The van der Waals surface area contributed by atoms with Crippen LogP contribution in [0, 0.1) is 6.92 Å². The van der Waals surface area contributed by atoms with Crippen molar-refractivity contribution in [2.45, 2.75) is 20.0 Å². The largest absolute Gasteiger partial charge is 0.435 e. The minimum atomic E-state index is -3.47. The normalized spacial score (nSPS) is 14.1. The minimum absolute atomic E-state index is 0.181. The molecule has 0 saturated carbocycles. The Balaban J connectivity index is 2.36. The Labute approximate surface area is 149 Å². The van der Waals surface area contributed by atoms with E-state index in [1.165, 1.54) is 0 Å². The Morgan fingerprint density at radius 1 is 1.12 bits per heavy atom. The fourth-order valence-corrected chi connectivity index (χ4v) is 4.10. The predicted molar refractivity (Wildman–Crippen MR) is 104 cm³/mol. The summed E-state index contributed by atoms with van der Waals surface area (Å²) >= 11 is 0. The highest BCUT2D eigenvalue weighted by Crippen LogP contribution is 2.53. The van der Waals surface area contributed by atoms with Crippen LogP contribution < -0.4 is 4.52 Å². The van der Waals surface area contributed by atoms with Crippen LogP contribution in [0.1, 0.15) is 18.1 Å². The number of allylic oxidation sites excluding steroid dienone is 4. The van der Waals surface area contributed by atoms with Crippen LogP contribution in [0.25, 0.3) is 0 Å². The SMILES string of the molecule is C=C/C=C(\C=C/C)OP(=O)(Cc1ccccc1C)Oc1ccccc1. The maximum absolute atomic E-state index is 13.5. The molecule has 2 aromatic rings. The third-order valence-corrected chi connectivity index (χ3v) is 5.18. The summed E-state index contributed by atoms with van der Waals surface area (Å²) in [6, 6.07) is 16.9. The number of hydrogen-bond acceptors (Lipinski definition) is 3. The summed E-state index contributed by atoms with van der Waals surface area (Å²) in [4.78, 5) is 0. The van der Waals surface area contributed by atoms with E-state index in [-0.39, 0.29) is 6.16 Å². The highest BCUT2D eigenvalue weighted by atomic mass is 31.2. The molecule has 130 valence electrons. The molecule has 25 heavy (non-hydrogen) atoms. The molecule has 0 heterocycles. The van der Waals surface area contributed by atoms with Gasteiger partial charge in [-0.25, -0.2) is 4.57 Å². The molecule has 4 heteroatoms. The van der Waals surface area contributed by atoms with E-state index in [0.717, 1.165) is 11.1 Å². The standard InChI is InChI=1S/C21H23O3P/c1-4-11-20(12-5-2)23-25(22,24-21-15-7-6-8-16-21)17-19-14-10-9-13-18(19)3/h4-16H,1,17H2,2-3H3/b12-5-,20-11+. The monoisotopic (exact) mass is 354 g/mol. The third kappa shape index (κ3) is 5.81. The molecule has 0 radical (unpaired) electrons. The van der Waals surface area contributed by atoms with Crippen LogP contribution in [0.5, 0.6) is 5.75 Å². The number of aryl methyl sites for hydroxylation is 1. The third-order valence-electron chi connectivity index (χ3n) is 3.47. The van der Waals surface area contributed by atoms with E-state index in [0.29, 0.717) is 11.5 Å². The summed E-state index contributed by atoms with van der Waals surface area (Å²) in [5.74, 6) is 0.961. The number of hydrogen-bond donors (Lipinski definition) is 0. The van der Waals surface area contributed by atoms with Crippen molar-refractivity contribution >= 4 is 7.60 Å². The fourth-order valence-electron chi connectivity index (χ4n) is 2.28. The Kier molecular flexibility index (Phi) is 6.85. The van der Waals surface area contributed by atoms with E-state index in [9.17, 15) is 4.57 Å². The lowest BCUT2D eigenvalue weighted by Crippen LogP contribution is -2.02. The van der Waals surface area contributed by atoms with Crippen molar-refractivity contribution in [1.82, 2.24) is 0 Å². The average molecular weight is 354 g/mol. The van der Waals surface area contributed by atoms with Crippen molar-refractivity contribution in [2.24, 2.45) is 0 Å². The summed E-state index contributed by atoms with van der Waals surface area (Å²) in [5.41, 5.74) is 1.98. The molecule has 0 aliphatic heterocycles. The topological polar surface area (TPSA) is 35.5 Å². The molecular formula is C21H23O3P. The van der Waals surface area contributed by atoms with Gasteiger partial charge in [0.05, 0.1) is 6.16 Å². The zero-order chi connectivity index (χ0) is 18.1. The molecule has 0 bridgehead atoms. The molecule has 0 aromatic heterocycles. The van der Waals surface area contributed by atoms with Gasteiger partial charge in [-0.15, -0.1) is 0 Å². The molecule has 0 aliphatic carbocycles. The van der Waals surface area contributed by atoms with E-state index >= 15 is 0 Å². The number of para-hydroxylation sites is 1. The van der Waals surface area contributed by atoms with Crippen molar-refractivity contribution < 1.29 is 13.6 Å². The Morgan fingerprint density at radius 3 is 2.44 bits per heavy atom. The molecule has 2 rings (SSSR count). The summed E-state index contributed by atoms with van der Waals surface area (Å²) in [6.45, 7) is 7.52. The van der Waals surface area contributed by atoms with Gasteiger partial charge < -0.3 is 9.05 Å². The van der Waals surface area contributed by atoms with Gasteiger partial charge in [0.25, 0.3) is 0 Å². The highest BCUT2D eigenvalue weighted by molar-refractivity contribution is 7.53. The molecule has 1 unspecified atom stereocenters. The van der Waals surface area contributed by atoms with Gasteiger partial charge in [-0.2, -0.15) is 0 Å². The van der Waals surface area contributed by atoms with Gasteiger partial charge in [0.1, 0.15) is 11.5 Å². The van der Waals surface area contributed by atoms with Gasteiger partial charge in [-0.05, 0) is 49.3 Å². The quantitative estimate of drug-likeness (QED) is 0.311. The molecule has 0 amide bonds. The molecule has 0 aliphatic rings. The van der Waals surface area contributed by atoms with Gasteiger partial charge in [-0.1, -0.05) is 61.2 Å². The van der Waals surface area contributed by atoms with E-state index < -0.39 is 7.60 Å². The first-order valence-corrected chi connectivity index (χ1v) is 9.82. The second kappa shape index (κ2) is 9.10. The van der Waals surface area contributed by atoms with Crippen molar-refractivity contribution in [3.63, 3.8) is 0 Å². The maximum atomic E-state index is 13.5. The number of rotatable bonds is 8. The smallest absolute Gasteiger partial charge is 0.416 e. The van der Waals surface area contributed by atoms with Crippen LogP contribution in [0.15, 0.2) is 91.2 Å². The molecule has 2 aromatic carbocycles. The second-order valence-corrected chi connectivity index (χ2v) is 7.40. The summed E-state index contributed by atoms with van der Waals surface area (Å²) in [7, 11) is -3.47.